The number of carbonyl (C=O) groups is 1. The van der Waals surface area contributed by atoms with E-state index in [1.165, 1.54) is 4.21 Å². The van der Waals surface area contributed by atoms with Crippen LogP contribution >= 0.6 is 23.1 Å². The summed E-state index contributed by atoms with van der Waals surface area (Å²) >= 11 is 3.32. The number of nitrogens with zero attached hydrogens (tertiary/aromatic N) is 1. The summed E-state index contributed by atoms with van der Waals surface area (Å²) in [5.41, 5.74) is 1.67. The fourth-order valence-corrected chi connectivity index (χ4v) is 2.88. The van der Waals surface area contributed by atoms with Crippen LogP contribution in [-0.2, 0) is 0 Å². The Morgan fingerprint density at radius 3 is 3.00 bits per heavy atom. The largest absolute Gasteiger partial charge is 0.298 e. The van der Waals surface area contributed by atoms with Crippen LogP contribution in [0.15, 0.2) is 39.0 Å². The molecule has 0 bridgehead atoms. The van der Waals surface area contributed by atoms with Crippen molar-refractivity contribution in [3.05, 3.63) is 40.9 Å². The van der Waals surface area contributed by atoms with Crippen molar-refractivity contribution in [2.45, 2.75) is 16.2 Å². The molecule has 0 saturated heterocycles. The first-order valence-electron chi connectivity index (χ1n) is 4.43. The van der Waals surface area contributed by atoms with Crippen LogP contribution in [0.3, 0.4) is 0 Å². The van der Waals surface area contributed by atoms with E-state index in [1.807, 2.05) is 24.4 Å². The minimum atomic E-state index is 0.628. The predicted molar refractivity (Wildman–Crippen MR) is 62.8 cm³/mol. The molecule has 4 heteroatoms. The van der Waals surface area contributed by atoms with Crippen molar-refractivity contribution >= 4 is 29.4 Å². The molecule has 0 spiro atoms. The molecular weight excluding hydrogens is 226 g/mol. The molecule has 0 N–H and O–H groups in total. The lowest BCUT2D eigenvalue weighted by Gasteiger charge is -2.02. The van der Waals surface area contributed by atoms with Gasteiger partial charge in [-0.15, -0.1) is 11.3 Å². The second kappa shape index (κ2) is 4.59. The van der Waals surface area contributed by atoms with Crippen molar-refractivity contribution in [3.8, 4) is 0 Å². The van der Waals surface area contributed by atoms with E-state index in [9.17, 15) is 4.79 Å². The van der Waals surface area contributed by atoms with E-state index in [4.69, 9.17) is 0 Å². The molecule has 0 atom stereocenters. The summed E-state index contributed by atoms with van der Waals surface area (Å²) in [5, 5.41) is 3.00. The fourth-order valence-electron chi connectivity index (χ4n) is 1.17. The van der Waals surface area contributed by atoms with Crippen LogP contribution in [0.2, 0.25) is 0 Å². The van der Waals surface area contributed by atoms with Gasteiger partial charge in [0.1, 0.15) is 5.03 Å². The summed E-state index contributed by atoms with van der Waals surface area (Å²) in [6.45, 7) is 1.97. The maximum Gasteiger partial charge on any atom is 0.151 e. The summed E-state index contributed by atoms with van der Waals surface area (Å²) in [5.74, 6) is 0. The Bertz CT molecular complexity index is 465. The molecule has 0 aliphatic rings. The highest BCUT2D eigenvalue weighted by atomic mass is 32.2. The van der Waals surface area contributed by atoms with Crippen LogP contribution < -0.4 is 0 Å². The zero-order chi connectivity index (χ0) is 10.7. The molecule has 2 rings (SSSR count). The Morgan fingerprint density at radius 1 is 1.53 bits per heavy atom. The van der Waals surface area contributed by atoms with Crippen LogP contribution in [0, 0.1) is 6.92 Å². The number of aromatic nitrogens is 1. The smallest absolute Gasteiger partial charge is 0.151 e. The number of rotatable bonds is 3. The highest BCUT2D eigenvalue weighted by molar-refractivity contribution is 8.01. The highest BCUT2D eigenvalue weighted by Crippen LogP contribution is 2.31. The molecule has 0 radical (unpaired) electrons. The molecule has 2 aromatic rings. The molecule has 0 saturated carbocycles. The maximum absolute atomic E-state index is 10.5. The lowest BCUT2D eigenvalue weighted by molar-refractivity contribution is 0.112. The number of hydrogen-bond acceptors (Lipinski definition) is 4. The van der Waals surface area contributed by atoms with Crippen molar-refractivity contribution in [1.29, 1.82) is 0 Å². The first-order chi connectivity index (χ1) is 7.29. The number of aryl methyl sites for hydroxylation is 1. The molecule has 15 heavy (non-hydrogen) atoms. The van der Waals surface area contributed by atoms with Gasteiger partial charge in [-0.05, 0) is 30.0 Å². The third-order valence-electron chi connectivity index (χ3n) is 1.88. The monoisotopic (exact) mass is 235 g/mol. The molecule has 2 aromatic heterocycles. The summed E-state index contributed by atoms with van der Waals surface area (Å²) in [7, 11) is 0. The molecule has 2 heterocycles. The summed E-state index contributed by atoms with van der Waals surface area (Å²) in [4.78, 5) is 14.8. The second-order valence-corrected chi connectivity index (χ2v) is 5.28. The van der Waals surface area contributed by atoms with E-state index in [2.05, 4.69) is 11.1 Å². The molecule has 0 aromatic carbocycles. The van der Waals surface area contributed by atoms with Crippen molar-refractivity contribution in [2.24, 2.45) is 0 Å². The van der Waals surface area contributed by atoms with Gasteiger partial charge in [0.2, 0.25) is 0 Å². The van der Waals surface area contributed by atoms with Gasteiger partial charge in [0.25, 0.3) is 0 Å². The minimum absolute atomic E-state index is 0.628. The van der Waals surface area contributed by atoms with Crippen molar-refractivity contribution < 1.29 is 4.79 Å². The van der Waals surface area contributed by atoms with Gasteiger partial charge in [-0.25, -0.2) is 4.98 Å². The number of aldehydes is 1. The zero-order valence-corrected chi connectivity index (χ0v) is 9.77. The van der Waals surface area contributed by atoms with Gasteiger partial charge >= 0.3 is 0 Å². The molecular formula is C11H9NOS2. The van der Waals surface area contributed by atoms with Gasteiger partial charge in [-0.1, -0.05) is 17.8 Å². The average molecular weight is 235 g/mol. The maximum atomic E-state index is 10.5. The minimum Gasteiger partial charge on any atom is -0.298 e. The molecule has 0 fully saturated rings. The van der Waals surface area contributed by atoms with E-state index in [0.717, 1.165) is 16.9 Å². The molecule has 76 valence electrons. The lowest BCUT2D eigenvalue weighted by Crippen LogP contribution is -1.88. The van der Waals surface area contributed by atoms with Crippen molar-refractivity contribution in [3.63, 3.8) is 0 Å². The van der Waals surface area contributed by atoms with Crippen LogP contribution in [0.1, 0.15) is 15.9 Å². The van der Waals surface area contributed by atoms with E-state index in [0.29, 0.717) is 5.56 Å². The van der Waals surface area contributed by atoms with Gasteiger partial charge < -0.3 is 0 Å². The van der Waals surface area contributed by atoms with Gasteiger partial charge in [0.15, 0.2) is 6.29 Å². The molecule has 0 unspecified atom stereocenters. The number of pyridine rings is 1. The third-order valence-corrected chi connectivity index (χ3v) is 4.04. The molecule has 0 amide bonds. The van der Waals surface area contributed by atoms with E-state index < -0.39 is 0 Å². The lowest BCUT2D eigenvalue weighted by atomic mass is 10.2. The van der Waals surface area contributed by atoms with E-state index in [-0.39, 0.29) is 0 Å². The Kier molecular flexibility index (Phi) is 3.18. The Morgan fingerprint density at radius 2 is 2.40 bits per heavy atom. The quantitative estimate of drug-likeness (QED) is 0.764. The van der Waals surface area contributed by atoms with Crippen LogP contribution in [-0.4, -0.2) is 11.3 Å². The van der Waals surface area contributed by atoms with Crippen molar-refractivity contribution in [1.82, 2.24) is 4.98 Å². The SMILES string of the molecule is Cc1cc(C=O)cnc1Sc1cccs1. The average Bonchev–Trinajstić information content (AvgIpc) is 2.74. The molecule has 0 aliphatic carbocycles. The predicted octanol–water partition coefficient (Wildman–Crippen LogP) is 3.42. The number of thiophene rings is 1. The highest BCUT2D eigenvalue weighted by Gasteiger charge is 2.04. The summed E-state index contributed by atoms with van der Waals surface area (Å²) in [6, 6.07) is 5.93. The molecule has 0 aliphatic heterocycles. The van der Waals surface area contributed by atoms with Gasteiger partial charge in [-0.2, -0.15) is 0 Å². The first-order valence-corrected chi connectivity index (χ1v) is 6.12. The van der Waals surface area contributed by atoms with Gasteiger partial charge in [-0.3, -0.25) is 4.79 Å². The normalized spacial score (nSPS) is 10.2. The second-order valence-electron chi connectivity index (χ2n) is 3.04. The Balaban J connectivity index is 2.26. The van der Waals surface area contributed by atoms with E-state index in [1.54, 1.807) is 29.3 Å². The Labute approximate surface area is 96.4 Å². The van der Waals surface area contributed by atoms with Gasteiger partial charge in [0, 0.05) is 11.8 Å². The number of hydrogen-bond donors (Lipinski definition) is 0. The van der Waals surface area contributed by atoms with Gasteiger partial charge in [0.05, 0.1) is 4.21 Å². The van der Waals surface area contributed by atoms with Crippen LogP contribution in [0.4, 0.5) is 0 Å². The Hall–Kier alpha value is -1.13. The van der Waals surface area contributed by atoms with Crippen molar-refractivity contribution in [2.75, 3.05) is 0 Å². The van der Waals surface area contributed by atoms with Crippen LogP contribution in [0.25, 0.3) is 0 Å². The summed E-state index contributed by atoms with van der Waals surface area (Å²) < 4.78 is 1.21. The third kappa shape index (κ3) is 2.46. The standard InChI is InChI=1S/C11H9NOS2/c1-8-5-9(7-13)6-12-11(8)15-10-3-2-4-14-10/h2-7H,1H3. The van der Waals surface area contributed by atoms with E-state index >= 15 is 0 Å². The topological polar surface area (TPSA) is 30.0 Å². The van der Waals surface area contributed by atoms with Crippen LogP contribution in [0.5, 0.6) is 0 Å². The fraction of sp³-hybridized carbons (Fsp3) is 0.0909. The zero-order valence-electron chi connectivity index (χ0n) is 8.14. The summed E-state index contributed by atoms with van der Waals surface area (Å²) in [6.07, 6.45) is 2.43. The molecule has 2 nitrogen and oxygen atoms in total. The first kappa shape index (κ1) is 10.4. The number of carbonyl (C=O) groups excluding carboxylic acids is 1.